The molecule has 0 spiro atoms. The maximum Gasteiger partial charge on any atom is 0.323 e. The van der Waals surface area contributed by atoms with Crippen molar-refractivity contribution >= 4 is 23.1 Å². The first-order valence-electron chi connectivity index (χ1n) is 5.94. The number of amides is 2. The highest BCUT2D eigenvalue weighted by molar-refractivity contribution is 5.99. The molecule has 0 fully saturated rings. The Morgan fingerprint density at radius 1 is 1.14 bits per heavy atom. The maximum absolute atomic E-state index is 13.4. The van der Waals surface area contributed by atoms with Gasteiger partial charge in [-0.3, -0.25) is 4.40 Å². The quantitative estimate of drug-likeness (QED) is 0.762. The molecular formula is C13H9F2N5O. The summed E-state index contributed by atoms with van der Waals surface area (Å²) in [6, 6.07) is 5.55. The number of anilines is 2. The second-order valence-corrected chi connectivity index (χ2v) is 4.22. The van der Waals surface area contributed by atoms with Crippen molar-refractivity contribution < 1.29 is 13.6 Å². The molecule has 3 aromatic rings. The zero-order chi connectivity index (χ0) is 14.8. The number of rotatable bonds is 2. The summed E-state index contributed by atoms with van der Waals surface area (Å²) in [6.07, 6.45) is 3.09. The third-order valence-electron chi connectivity index (χ3n) is 2.73. The molecule has 21 heavy (non-hydrogen) atoms. The van der Waals surface area contributed by atoms with E-state index in [1.165, 1.54) is 6.33 Å². The van der Waals surface area contributed by atoms with Crippen LogP contribution in [0.15, 0.2) is 42.9 Å². The molecule has 0 unspecified atom stereocenters. The molecule has 2 heterocycles. The van der Waals surface area contributed by atoms with Gasteiger partial charge in [0, 0.05) is 12.3 Å². The minimum atomic E-state index is -0.848. The average Bonchev–Trinajstić information content (AvgIpc) is 2.89. The van der Waals surface area contributed by atoms with Crippen molar-refractivity contribution in [1.29, 1.82) is 0 Å². The molecule has 3 rings (SSSR count). The Hall–Kier alpha value is -3.03. The van der Waals surface area contributed by atoms with Crippen molar-refractivity contribution in [2.75, 3.05) is 10.6 Å². The van der Waals surface area contributed by atoms with E-state index in [-0.39, 0.29) is 5.69 Å². The molecule has 0 atom stereocenters. The number of aromatic nitrogens is 3. The fourth-order valence-corrected chi connectivity index (χ4v) is 1.78. The third-order valence-corrected chi connectivity index (χ3v) is 2.73. The lowest BCUT2D eigenvalue weighted by Gasteiger charge is -2.08. The summed E-state index contributed by atoms with van der Waals surface area (Å²) in [4.78, 5) is 11.8. The molecule has 0 saturated heterocycles. The van der Waals surface area contributed by atoms with Gasteiger partial charge in [-0.25, -0.2) is 13.6 Å². The van der Waals surface area contributed by atoms with E-state index >= 15 is 0 Å². The number of nitrogens with zero attached hydrogens (tertiary/aromatic N) is 3. The first-order valence-corrected chi connectivity index (χ1v) is 5.94. The summed E-state index contributed by atoms with van der Waals surface area (Å²) < 4.78 is 27.8. The predicted molar refractivity (Wildman–Crippen MR) is 72.0 cm³/mol. The zero-order valence-corrected chi connectivity index (χ0v) is 10.5. The summed E-state index contributed by atoms with van der Waals surface area (Å²) >= 11 is 0. The van der Waals surface area contributed by atoms with Gasteiger partial charge >= 0.3 is 6.03 Å². The SMILES string of the molecule is O=C(Nc1ccc2nncn2c1)Nc1ccc(F)cc1F. The van der Waals surface area contributed by atoms with Crippen LogP contribution in [0.2, 0.25) is 0 Å². The highest BCUT2D eigenvalue weighted by Crippen LogP contribution is 2.15. The maximum atomic E-state index is 13.4. The Morgan fingerprint density at radius 3 is 2.81 bits per heavy atom. The molecule has 2 aromatic heterocycles. The Morgan fingerprint density at radius 2 is 2.00 bits per heavy atom. The number of halogens is 2. The van der Waals surface area contributed by atoms with E-state index in [1.807, 2.05) is 0 Å². The van der Waals surface area contributed by atoms with Crippen LogP contribution in [-0.4, -0.2) is 20.6 Å². The van der Waals surface area contributed by atoms with E-state index in [1.54, 1.807) is 22.7 Å². The number of urea groups is 1. The Bertz CT molecular complexity index is 817. The number of hydrogen-bond donors (Lipinski definition) is 2. The van der Waals surface area contributed by atoms with E-state index in [4.69, 9.17) is 0 Å². The minimum Gasteiger partial charge on any atom is -0.306 e. The number of nitrogens with one attached hydrogen (secondary N) is 2. The Balaban J connectivity index is 1.73. The highest BCUT2D eigenvalue weighted by atomic mass is 19.1. The summed E-state index contributed by atoms with van der Waals surface area (Å²) in [7, 11) is 0. The second-order valence-electron chi connectivity index (χ2n) is 4.22. The molecule has 0 bridgehead atoms. The molecule has 0 aliphatic rings. The Kier molecular flexibility index (Phi) is 3.19. The molecule has 0 aliphatic carbocycles. The lowest BCUT2D eigenvalue weighted by molar-refractivity contribution is 0.262. The van der Waals surface area contributed by atoms with Gasteiger partial charge in [0.1, 0.15) is 18.0 Å². The van der Waals surface area contributed by atoms with Crippen molar-refractivity contribution in [2.45, 2.75) is 0 Å². The summed E-state index contributed by atoms with van der Waals surface area (Å²) in [5.41, 5.74) is 0.993. The van der Waals surface area contributed by atoms with Crippen LogP contribution in [0, 0.1) is 11.6 Å². The molecule has 0 aliphatic heterocycles. The smallest absolute Gasteiger partial charge is 0.306 e. The molecular weight excluding hydrogens is 280 g/mol. The van der Waals surface area contributed by atoms with Crippen LogP contribution in [0.25, 0.3) is 5.65 Å². The number of fused-ring (bicyclic) bond motifs is 1. The molecule has 2 amide bonds. The zero-order valence-electron chi connectivity index (χ0n) is 10.5. The fourth-order valence-electron chi connectivity index (χ4n) is 1.78. The van der Waals surface area contributed by atoms with Crippen molar-refractivity contribution in [3.8, 4) is 0 Å². The van der Waals surface area contributed by atoms with Gasteiger partial charge in [-0.15, -0.1) is 10.2 Å². The first-order chi connectivity index (χ1) is 10.1. The lowest BCUT2D eigenvalue weighted by atomic mass is 10.3. The second kappa shape index (κ2) is 5.16. The Labute approximate surface area is 117 Å². The standard InChI is InChI=1S/C13H9F2N5O/c14-8-1-3-11(10(15)5-8)18-13(21)17-9-2-4-12-19-16-7-20(12)6-9/h1-7H,(H2,17,18,21). The van der Waals surface area contributed by atoms with Crippen LogP contribution >= 0.6 is 0 Å². The predicted octanol–water partition coefficient (Wildman–Crippen LogP) is 2.65. The molecule has 0 saturated carbocycles. The monoisotopic (exact) mass is 289 g/mol. The number of hydrogen-bond acceptors (Lipinski definition) is 3. The van der Waals surface area contributed by atoms with Gasteiger partial charge in [0.25, 0.3) is 0 Å². The van der Waals surface area contributed by atoms with E-state index in [2.05, 4.69) is 20.8 Å². The van der Waals surface area contributed by atoms with Gasteiger partial charge in [0.2, 0.25) is 0 Å². The molecule has 1 aromatic carbocycles. The number of benzene rings is 1. The van der Waals surface area contributed by atoms with Gasteiger partial charge in [-0.1, -0.05) is 0 Å². The first kappa shape index (κ1) is 13.0. The van der Waals surface area contributed by atoms with Crippen LogP contribution in [0.5, 0.6) is 0 Å². The van der Waals surface area contributed by atoms with Gasteiger partial charge in [-0.2, -0.15) is 0 Å². The summed E-state index contributed by atoms with van der Waals surface area (Å²) in [5, 5.41) is 12.4. The normalized spacial score (nSPS) is 10.6. The van der Waals surface area contributed by atoms with Gasteiger partial charge in [-0.05, 0) is 24.3 Å². The number of carbonyl (C=O) groups excluding carboxylic acids is 1. The largest absolute Gasteiger partial charge is 0.323 e. The highest BCUT2D eigenvalue weighted by Gasteiger charge is 2.08. The molecule has 6 nitrogen and oxygen atoms in total. The lowest BCUT2D eigenvalue weighted by Crippen LogP contribution is -2.20. The van der Waals surface area contributed by atoms with Crippen molar-refractivity contribution in [1.82, 2.24) is 14.6 Å². The topological polar surface area (TPSA) is 71.3 Å². The van der Waals surface area contributed by atoms with Crippen LogP contribution in [0.1, 0.15) is 0 Å². The minimum absolute atomic E-state index is 0.112. The average molecular weight is 289 g/mol. The van der Waals surface area contributed by atoms with Crippen LogP contribution < -0.4 is 10.6 Å². The van der Waals surface area contributed by atoms with Crippen LogP contribution in [0.3, 0.4) is 0 Å². The van der Waals surface area contributed by atoms with Crippen LogP contribution in [-0.2, 0) is 0 Å². The molecule has 106 valence electrons. The van der Waals surface area contributed by atoms with Gasteiger partial charge < -0.3 is 10.6 Å². The molecule has 2 N–H and O–H groups in total. The third kappa shape index (κ3) is 2.78. The van der Waals surface area contributed by atoms with E-state index in [0.29, 0.717) is 17.4 Å². The van der Waals surface area contributed by atoms with Crippen LogP contribution in [0.4, 0.5) is 25.0 Å². The molecule has 0 radical (unpaired) electrons. The van der Waals surface area contributed by atoms with E-state index < -0.39 is 17.7 Å². The van der Waals surface area contributed by atoms with Gasteiger partial charge in [0.15, 0.2) is 5.65 Å². The fraction of sp³-hybridized carbons (Fsp3) is 0. The summed E-state index contributed by atoms with van der Waals surface area (Å²) in [5.74, 6) is -1.56. The van der Waals surface area contributed by atoms with Crippen molar-refractivity contribution in [2.24, 2.45) is 0 Å². The summed E-state index contributed by atoms with van der Waals surface area (Å²) in [6.45, 7) is 0. The number of pyridine rings is 1. The molecule has 8 heteroatoms. The van der Waals surface area contributed by atoms with E-state index in [9.17, 15) is 13.6 Å². The van der Waals surface area contributed by atoms with Crippen molar-refractivity contribution in [3.63, 3.8) is 0 Å². The van der Waals surface area contributed by atoms with Crippen molar-refractivity contribution in [3.05, 3.63) is 54.5 Å². The number of carbonyl (C=O) groups is 1. The van der Waals surface area contributed by atoms with E-state index in [0.717, 1.165) is 12.1 Å². The van der Waals surface area contributed by atoms with Gasteiger partial charge in [0.05, 0.1) is 11.4 Å².